The third kappa shape index (κ3) is 2.85. The lowest BCUT2D eigenvalue weighted by Gasteiger charge is -2.07. The molecule has 88 valence electrons. The molecule has 0 aliphatic heterocycles. The van der Waals surface area contributed by atoms with Crippen molar-refractivity contribution in [1.29, 1.82) is 0 Å². The second-order valence-electron chi connectivity index (χ2n) is 3.70. The van der Waals surface area contributed by atoms with E-state index in [0.29, 0.717) is 12.1 Å². The molecule has 0 fully saturated rings. The fourth-order valence-electron chi connectivity index (χ4n) is 1.47. The quantitative estimate of drug-likeness (QED) is 0.842. The molecule has 0 saturated carbocycles. The minimum atomic E-state index is -0.0623. The average molecular weight is 341 g/mol. The number of amides is 1. The van der Waals surface area contributed by atoms with Gasteiger partial charge >= 0.3 is 0 Å². The van der Waals surface area contributed by atoms with Gasteiger partial charge in [-0.05, 0) is 41.1 Å². The molecule has 1 aromatic carbocycles. The van der Waals surface area contributed by atoms with Crippen LogP contribution in [0.25, 0.3) is 0 Å². The van der Waals surface area contributed by atoms with Crippen LogP contribution in [0.15, 0.2) is 30.7 Å². The van der Waals surface area contributed by atoms with Crippen LogP contribution in [-0.4, -0.2) is 15.9 Å². The van der Waals surface area contributed by atoms with Gasteiger partial charge in [0.1, 0.15) is 0 Å². The molecule has 0 saturated heterocycles. The Balaban J connectivity index is 2.07. The monoisotopic (exact) mass is 341 g/mol. The fraction of sp³-hybridized carbons (Fsp3) is 0.167. The number of imidazole rings is 1. The zero-order valence-corrected chi connectivity index (χ0v) is 11.5. The van der Waals surface area contributed by atoms with E-state index in [9.17, 15) is 4.79 Å². The number of H-pyrrole nitrogens is 1. The number of aromatic amines is 1. The molecule has 0 aliphatic carbocycles. The fourth-order valence-corrected chi connectivity index (χ4v) is 2.08. The van der Waals surface area contributed by atoms with E-state index in [0.717, 1.165) is 14.8 Å². The zero-order valence-electron chi connectivity index (χ0n) is 9.33. The maximum absolute atomic E-state index is 12.0. The SMILES string of the molecule is Cc1cccc(C(=O)NCc2cnc[nH]2)c1I. The number of benzene rings is 1. The Morgan fingerprint density at radius 3 is 3.06 bits per heavy atom. The number of hydrogen-bond acceptors (Lipinski definition) is 2. The van der Waals surface area contributed by atoms with Crippen molar-refractivity contribution in [3.63, 3.8) is 0 Å². The Bertz CT molecular complexity index is 523. The van der Waals surface area contributed by atoms with Gasteiger partial charge in [0.2, 0.25) is 0 Å². The van der Waals surface area contributed by atoms with Crippen molar-refractivity contribution in [2.24, 2.45) is 0 Å². The highest BCUT2D eigenvalue weighted by molar-refractivity contribution is 14.1. The molecule has 0 bridgehead atoms. The van der Waals surface area contributed by atoms with Gasteiger partial charge in [0.25, 0.3) is 5.91 Å². The molecule has 17 heavy (non-hydrogen) atoms. The Labute approximate surface area is 113 Å². The van der Waals surface area contributed by atoms with Gasteiger partial charge in [-0.15, -0.1) is 0 Å². The molecule has 5 heteroatoms. The van der Waals surface area contributed by atoms with Gasteiger partial charge in [-0.2, -0.15) is 0 Å². The van der Waals surface area contributed by atoms with E-state index in [1.165, 1.54) is 0 Å². The molecule has 0 aliphatic rings. The van der Waals surface area contributed by atoms with E-state index in [4.69, 9.17) is 0 Å². The van der Waals surface area contributed by atoms with Crippen LogP contribution in [0, 0.1) is 10.5 Å². The minimum absolute atomic E-state index is 0.0623. The molecule has 2 N–H and O–H groups in total. The summed E-state index contributed by atoms with van der Waals surface area (Å²) in [6, 6.07) is 5.72. The standard InChI is InChI=1S/C12H12IN3O/c1-8-3-2-4-10(11(8)13)12(17)15-6-9-5-14-7-16-9/h2-5,7H,6H2,1H3,(H,14,16)(H,15,17). The first-order valence-corrected chi connectivity index (χ1v) is 6.27. The van der Waals surface area contributed by atoms with Gasteiger partial charge in [-0.25, -0.2) is 4.98 Å². The minimum Gasteiger partial charge on any atom is -0.347 e. The number of hydrogen-bond donors (Lipinski definition) is 2. The van der Waals surface area contributed by atoms with E-state index in [1.807, 2.05) is 25.1 Å². The van der Waals surface area contributed by atoms with E-state index >= 15 is 0 Å². The maximum Gasteiger partial charge on any atom is 0.252 e. The van der Waals surface area contributed by atoms with Crippen molar-refractivity contribution >= 4 is 28.5 Å². The Hall–Kier alpha value is -1.37. The summed E-state index contributed by atoms with van der Waals surface area (Å²) in [6.45, 7) is 2.45. The van der Waals surface area contributed by atoms with Crippen LogP contribution in [0.2, 0.25) is 0 Å². The summed E-state index contributed by atoms with van der Waals surface area (Å²) < 4.78 is 0.993. The van der Waals surface area contributed by atoms with Crippen molar-refractivity contribution in [3.05, 3.63) is 51.1 Å². The first-order chi connectivity index (χ1) is 8.18. The summed E-state index contributed by atoms with van der Waals surface area (Å²) in [7, 11) is 0. The van der Waals surface area contributed by atoms with Gasteiger partial charge in [0.05, 0.1) is 24.1 Å². The first kappa shape index (κ1) is 12.1. The molecule has 2 aromatic rings. The Morgan fingerprint density at radius 1 is 1.53 bits per heavy atom. The Kier molecular flexibility index (Phi) is 3.78. The van der Waals surface area contributed by atoms with Crippen LogP contribution in [0.5, 0.6) is 0 Å². The van der Waals surface area contributed by atoms with E-state index in [-0.39, 0.29) is 5.91 Å². The number of carbonyl (C=O) groups excluding carboxylic acids is 1. The molecular weight excluding hydrogens is 329 g/mol. The highest BCUT2D eigenvalue weighted by Crippen LogP contribution is 2.16. The van der Waals surface area contributed by atoms with Crippen molar-refractivity contribution in [1.82, 2.24) is 15.3 Å². The number of nitrogens with zero attached hydrogens (tertiary/aromatic N) is 1. The third-order valence-corrected chi connectivity index (χ3v) is 3.86. The number of rotatable bonds is 3. The predicted molar refractivity (Wildman–Crippen MR) is 73.7 cm³/mol. The smallest absolute Gasteiger partial charge is 0.252 e. The number of carbonyl (C=O) groups is 1. The second-order valence-corrected chi connectivity index (χ2v) is 4.77. The van der Waals surface area contributed by atoms with Crippen molar-refractivity contribution in [2.45, 2.75) is 13.5 Å². The van der Waals surface area contributed by atoms with Crippen molar-refractivity contribution < 1.29 is 4.79 Å². The van der Waals surface area contributed by atoms with Crippen LogP contribution in [-0.2, 0) is 6.54 Å². The molecule has 0 radical (unpaired) electrons. The average Bonchev–Trinajstić information content (AvgIpc) is 2.82. The molecule has 1 amide bonds. The molecule has 4 nitrogen and oxygen atoms in total. The van der Waals surface area contributed by atoms with Crippen LogP contribution in [0.1, 0.15) is 21.6 Å². The highest BCUT2D eigenvalue weighted by Gasteiger charge is 2.10. The van der Waals surface area contributed by atoms with Gasteiger partial charge in [0.15, 0.2) is 0 Å². The number of aromatic nitrogens is 2. The zero-order chi connectivity index (χ0) is 12.3. The van der Waals surface area contributed by atoms with Crippen LogP contribution >= 0.6 is 22.6 Å². The summed E-state index contributed by atoms with van der Waals surface area (Å²) >= 11 is 2.19. The summed E-state index contributed by atoms with van der Waals surface area (Å²) in [5, 5.41) is 2.85. The third-order valence-electron chi connectivity index (χ3n) is 2.43. The normalized spacial score (nSPS) is 10.2. The van der Waals surface area contributed by atoms with Gasteiger partial charge < -0.3 is 10.3 Å². The van der Waals surface area contributed by atoms with Crippen molar-refractivity contribution in [2.75, 3.05) is 0 Å². The largest absolute Gasteiger partial charge is 0.347 e. The second kappa shape index (κ2) is 5.31. The molecule has 1 heterocycles. The molecule has 1 aromatic heterocycles. The van der Waals surface area contributed by atoms with Crippen molar-refractivity contribution in [3.8, 4) is 0 Å². The summed E-state index contributed by atoms with van der Waals surface area (Å²) in [6.07, 6.45) is 3.29. The molecular formula is C12H12IN3O. The lowest BCUT2D eigenvalue weighted by molar-refractivity contribution is 0.0949. The molecule has 2 rings (SSSR count). The van der Waals surface area contributed by atoms with E-state index in [1.54, 1.807) is 12.5 Å². The van der Waals surface area contributed by atoms with Gasteiger partial charge in [-0.3, -0.25) is 4.79 Å². The molecule has 0 atom stereocenters. The van der Waals surface area contributed by atoms with E-state index < -0.39 is 0 Å². The van der Waals surface area contributed by atoms with Crippen LogP contribution in [0.3, 0.4) is 0 Å². The Morgan fingerprint density at radius 2 is 2.35 bits per heavy atom. The lowest BCUT2D eigenvalue weighted by Crippen LogP contribution is -2.24. The van der Waals surface area contributed by atoms with E-state index in [2.05, 4.69) is 37.9 Å². The maximum atomic E-state index is 12.0. The lowest BCUT2D eigenvalue weighted by atomic mass is 10.1. The number of halogens is 1. The van der Waals surface area contributed by atoms with Crippen LogP contribution in [0.4, 0.5) is 0 Å². The van der Waals surface area contributed by atoms with Gasteiger partial charge in [0, 0.05) is 9.77 Å². The van der Waals surface area contributed by atoms with Crippen LogP contribution < -0.4 is 5.32 Å². The predicted octanol–water partition coefficient (Wildman–Crippen LogP) is 2.25. The number of nitrogens with one attached hydrogen (secondary N) is 2. The first-order valence-electron chi connectivity index (χ1n) is 5.19. The topological polar surface area (TPSA) is 57.8 Å². The highest BCUT2D eigenvalue weighted by atomic mass is 127. The summed E-state index contributed by atoms with van der Waals surface area (Å²) in [4.78, 5) is 18.8. The molecule has 0 spiro atoms. The van der Waals surface area contributed by atoms with Gasteiger partial charge in [-0.1, -0.05) is 12.1 Å². The summed E-state index contributed by atoms with van der Waals surface area (Å²) in [5.74, 6) is -0.0623. The number of aryl methyl sites for hydroxylation is 1. The summed E-state index contributed by atoms with van der Waals surface area (Å²) in [5.41, 5.74) is 2.71. The molecule has 0 unspecified atom stereocenters.